The van der Waals surface area contributed by atoms with E-state index in [0.29, 0.717) is 83.4 Å². The van der Waals surface area contributed by atoms with Gasteiger partial charge in [0.05, 0.1) is 92.6 Å². The van der Waals surface area contributed by atoms with Crippen LogP contribution in [0.25, 0.3) is 0 Å². The quantitative estimate of drug-likeness (QED) is 0.0127. The predicted octanol–water partition coefficient (Wildman–Crippen LogP) is 17.7. The molecular formula is C91H166O27. The highest BCUT2D eigenvalue weighted by Crippen LogP contribution is 2.23. The number of esters is 11. The molecule has 1 heterocycles. The van der Waals surface area contributed by atoms with Crippen molar-refractivity contribution in [1.82, 2.24) is 0 Å². The van der Waals surface area contributed by atoms with Gasteiger partial charge in [-0.2, -0.15) is 0 Å². The number of epoxide rings is 1. The lowest BCUT2D eigenvalue weighted by atomic mass is 9.91. The van der Waals surface area contributed by atoms with Crippen LogP contribution in [-0.4, -0.2) is 185 Å². The Morgan fingerprint density at radius 3 is 1.14 bits per heavy atom. The zero-order valence-corrected chi connectivity index (χ0v) is 77.5. The number of carboxylic acids is 1. The molecule has 118 heavy (non-hydrogen) atoms. The molecule has 0 bridgehead atoms. The van der Waals surface area contributed by atoms with Crippen molar-refractivity contribution >= 4 is 71.6 Å². The van der Waals surface area contributed by atoms with E-state index in [1.54, 1.807) is 26.8 Å². The van der Waals surface area contributed by atoms with E-state index in [9.17, 15) is 67.7 Å². The van der Waals surface area contributed by atoms with E-state index < -0.39 is 30.1 Å². The second-order valence-electron chi connectivity index (χ2n) is 30.3. The third-order valence-corrected chi connectivity index (χ3v) is 19.0. The first-order chi connectivity index (χ1) is 55.7. The number of hydrogen-bond donors (Lipinski definition) is 3. The van der Waals surface area contributed by atoms with Gasteiger partial charge in [-0.15, -0.1) is 6.58 Å². The van der Waals surface area contributed by atoms with E-state index in [-0.39, 0.29) is 158 Å². The lowest BCUT2D eigenvalue weighted by Gasteiger charge is -2.19. The number of aliphatic hydroxyl groups is 2. The van der Waals surface area contributed by atoms with Crippen LogP contribution in [-0.2, 0) is 114 Å². The zero-order valence-electron chi connectivity index (χ0n) is 77.5. The number of aliphatic hydroxyl groups excluding tert-OH is 2. The van der Waals surface area contributed by atoms with Crippen LogP contribution in [0.4, 0.5) is 0 Å². The highest BCUT2D eigenvalue weighted by Gasteiger charge is 2.31. The van der Waals surface area contributed by atoms with Crippen LogP contribution in [0, 0.1) is 58.7 Å². The highest BCUT2D eigenvalue weighted by atomic mass is 16.6. The molecule has 12 atom stereocenters. The number of carbonyl (C=O) groups excluding carboxylic acids is 11. The summed E-state index contributed by atoms with van der Waals surface area (Å²) in [5.41, 5.74) is -0.0941. The van der Waals surface area contributed by atoms with Crippen LogP contribution in [0.3, 0.4) is 0 Å². The first-order valence-electron chi connectivity index (χ1n) is 43.6. The maximum atomic E-state index is 11.8. The molecule has 692 valence electrons. The van der Waals surface area contributed by atoms with Crippen molar-refractivity contribution in [2.45, 2.75) is 338 Å². The van der Waals surface area contributed by atoms with Gasteiger partial charge in [0.25, 0.3) is 0 Å². The fourth-order valence-electron chi connectivity index (χ4n) is 7.81. The lowest BCUT2D eigenvalue weighted by molar-refractivity contribution is -0.155. The molecule has 27 heteroatoms. The van der Waals surface area contributed by atoms with Gasteiger partial charge in [-0.05, 0) is 129 Å². The van der Waals surface area contributed by atoms with Gasteiger partial charge < -0.3 is 72.2 Å². The van der Waals surface area contributed by atoms with Crippen molar-refractivity contribution in [2.75, 3.05) is 79.3 Å². The fraction of sp³-hybridized carbons (Fsp3) is 0.802. The van der Waals surface area contributed by atoms with Gasteiger partial charge in [0.1, 0.15) is 51.8 Å². The molecule has 1 saturated heterocycles. The summed E-state index contributed by atoms with van der Waals surface area (Å²) in [6, 6.07) is 0. The number of carbonyl (C=O) groups is 12. The van der Waals surface area contributed by atoms with Gasteiger partial charge in [0.2, 0.25) is 0 Å². The normalized spacial score (nSPS) is 14.2. The van der Waals surface area contributed by atoms with Crippen molar-refractivity contribution in [1.29, 1.82) is 0 Å². The summed E-state index contributed by atoms with van der Waals surface area (Å²) in [7, 11) is 0. The second-order valence-corrected chi connectivity index (χ2v) is 30.3. The zero-order chi connectivity index (χ0) is 92.0. The second kappa shape index (κ2) is 83.4. The summed E-state index contributed by atoms with van der Waals surface area (Å²) in [4.78, 5) is 134. The molecule has 3 N–H and O–H groups in total. The topological polar surface area (TPSA) is 380 Å². The van der Waals surface area contributed by atoms with E-state index in [1.807, 2.05) is 96.9 Å². The van der Waals surface area contributed by atoms with Gasteiger partial charge in [-0.1, -0.05) is 209 Å². The van der Waals surface area contributed by atoms with Gasteiger partial charge in [-0.25, -0.2) is 9.59 Å². The number of carboxylic acid groups (broad SMARTS) is 1. The number of unbranched alkanes of at least 4 members (excludes halogenated alkanes) is 4. The lowest BCUT2D eigenvalue weighted by Crippen LogP contribution is -2.27. The van der Waals surface area contributed by atoms with E-state index in [1.165, 1.54) is 32.6 Å². The monoisotopic (exact) mass is 1690 g/mol. The summed E-state index contributed by atoms with van der Waals surface area (Å²) < 4.78 is 59.7. The molecular weight excluding hydrogens is 1520 g/mol. The van der Waals surface area contributed by atoms with Crippen LogP contribution >= 0.6 is 0 Å². The van der Waals surface area contributed by atoms with Crippen LogP contribution in [0.15, 0.2) is 37.5 Å². The summed E-state index contributed by atoms with van der Waals surface area (Å²) in [5.74, 6) is -3.15. The first kappa shape index (κ1) is 124. The van der Waals surface area contributed by atoms with Gasteiger partial charge >= 0.3 is 71.6 Å². The minimum atomic E-state index is -1.01. The number of ether oxygens (including phenoxy) is 12. The molecule has 1 rings (SSSR count). The molecule has 27 nitrogen and oxygen atoms in total. The van der Waals surface area contributed by atoms with E-state index in [0.717, 1.165) is 103 Å². The van der Waals surface area contributed by atoms with E-state index in [2.05, 4.69) is 59.1 Å². The van der Waals surface area contributed by atoms with Crippen molar-refractivity contribution in [2.24, 2.45) is 58.7 Å². The summed E-state index contributed by atoms with van der Waals surface area (Å²) in [6.45, 7) is 57.5. The fourth-order valence-corrected chi connectivity index (χ4v) is 7.81. The van der Waals surface area contributed by atoms with Crippen LogP contribution < -0.4 is 0 Å². The minimum absolute atomic E-state index is 0.0276. The average molecular weight is 1690 g/mol. The predicted molar refractivity (Wildman–Crippen MR) is 459 cm³/mol. The Labute approximate surface area is 711 Å². The molecule has 1 fully saturated rings. The molecule has 1 aliphatic rings. The molecule has 0 radical (unpaired) electrons. The largest absolute Gasteiger partial charge is 0.481 e. The number of hydrogen-bond acceptors (Lipinski definition) is 26. The van der Waals surface area contributed by atoms with Gasteiger partial charge in [0.15, 0.2) is 0 Å². The average Bonchev–Trinajstić information content (AvgIpc) is 1.63. The summed E-state index contributed by atoms with van der Waals surface area (Å²) >= 11 is 0. The number of rotatable bonds is 56. The molecule has 0 spiro atoms. The molecule has 0 aliphatic carbocycles. The minimum Gasteiger partial charge on any atom is -0.481 e. The maximum Gasteiger partial charge on any atom is 0.333 e. The number of aliphatic carboxylic acids is 1. The smallest absolute Gasteiger partial charge is 0.333 e. The third kappa shape index (κ3) is 79.8. The molecule has 1 aliphatic heterocycles. The molecule has 0 aromatic rings. The Bertz CT molecular complexity index is 2640. The van der Waals surface area contributed by atoms with Crippen molar-refractivity contribution in [3.05, 3.63) is 37.5 Å². The summed E-state index contributed by atoms with van der Waals surface area (Å²) in [6.07, 6.45) is 22.6. The molecule has 0 saturated carbocycles. The Morgan fingerprint density at radius 2 is 0.771 bits per heavy atom. The molecule has 0 aromatic heterocycles. The molecule has 12 unspecified atom stereocenters. The van der Waals surface area contributed by atoms with Crippen molar-refractivity contribution < 1.29 is 130 Å². The first-order valence-corrected chi connectivity index (χ1v) is 43.6. The van der Waals surface area contributed by atoms with Crippen molar-refractivity contribution in [3.8, 4) is 0 Å². The molecule has 0 aromatic carbocycles. The van der Waals surface area contributed by atoms with E-state index in [4.69, 9.17) is 57.2 Å². The SMILES string of the molecule is C=C(C)C(=O)OCC(O)COC(=O)C(C)CC.C=CC(=O)OCCOC(=O)C(C)CC.C=CCCOC(=O)C(C)CC.CCC(C)(C)C(=O)OCC1CO1.CCC(C)C(=O)O.CCCCC(CC)COC(=O)C(C)CC.CCCCC(CC)COC(=O)CCCCOC(=O)CCCOC(=O)C(C)CC.CCCCC(O)COC(=O)C(C)CC. The maximum absolute atomic E-state index is 11.8. The van der Waals surface area contributed by atoms with Crippen LogP contribution in [0.2, 0.25) is 0 Å². The Morgan fingerprint density at radius 1 is 0.415 bits per heavy atom. The Kier molecular flexibility index (Phi) is 87.6. The van der Waals surface area contributed by atoms with Gasteiger partial charge in [0, 0.05) is 24.5 Å². The Balaban J connectivity index is -0.000000245. The van der Waals surface area contributed by atoms with Gasteiger partial charge in [-0.3, -0.25) is 47.9 Å². The van der Waals surface area contributed by atoms with Crippen molar-refractivity contribution in [3.63, 3.8) is 0 Å². The molecule has 0 amide bonds. The standard InChI is InChI=1S/C22H40O6.C13H26O2.C12H20O5.C11H22O3.C10H16O4.C9H16O3.C9H16O2.C5H10O2/c1-5-8-12-19(7-3)17-28-21(24)13-9-10-15-26-20(23)14-11-16-27-22(25)18(4)6-2;1-5-8-9-12(7-3)10-15-13(14)11(4)6-2;1-5-9(4)12(15)17-7-10(13)6-16-11(14)8(2)3;1-4-6-7-10(12)8-14-11(13)9(3)5-2;1-4-8(3)10(12)14-7-6-13-9(11)5-2;1-4-9(2,3)8(10)12-6-7-5-11-7;1-4-6-7-11-9(10)8(3)5-2;1-3-4(2)5(6)7/h18-19H,5-17H2,1-4H3;11-12H,5-10H2,1-4H3;9-10,13H,2,5-7H2,1,3-4H3;9-10,12H,4-8H2,1-3H3;5,8H,2,4,6-7H2,1,3H3;7H,4-6H2,1-3H3;4,8H,1,5-7H2,2-3H3;4H,3H2,1-2H3,(H,6,7). The summed E-state index contributed by atoms with van der Waals surface area (Å²) in [5, 5.41) is 27.0. The van der Waals surface area contributed by atoms with E-state index >= 15 is 0 Å². The third-order valence-electron chi connectivity index (χ3n) is 19.0. The van der Waals surface area contributed by atoms with Crippen LogP contribution in [0.5, 0.6) is 0 Å². The Hall–Kier alpha value is -7.26. The highest BCUT2D eigenvalue weighted by molar-refractivity contribution is 5.87. The van der Waals surface area contributed by atoms with Crippen LogP contribution in [0.1, 0.15) is 320 Å².